The molecule has 0 bridgehead atoms. The van der Waals surface area contributed by atoms with Gasteiger partial charge in [0.1, 0.15) is 5.76 Å². The first-order valence-corrected chi connectivity index (χ1v) is 10.2. The largest absolute Gasteiger partial charge is 0.445 e. The highest BCUT2D eigenvalue weighted by atomic mass is 32.1. The molecule has 0 amide bonds. The predicted molar refractivity (Wildman–Crippen MR) is 108 cm³/mol. The van der Waals surface area contributed by atoms with Gasteiger partial charge in [0.15, 0.2) is 5.89 Å². The van der Waals surface area contributed by atoms with Crippen molar-refractivity contribution in [1.29, 1.82) is 0 Å². The molecule has 1 aliphatic rings. The van der Waals surface area contributed by atoms with E-state index in [1.165, 1.54) is 15.8 Å². The average Bonchev–Trinajstić information content (AvgIpc) is 3.33. The second kappa shape index (κ2) is 6.91. The molecule has 5 rings (SSSR count). The van der Waals surface area contributed by atoms with Crippen molar-refractivity contribution in [3.63, 3.8) is 0 Å². The van der Waals surface area contributed by atoms with Gasteiger partial charge < -0.3 is 4.42 Å². The average molecular weight is 375 g/mol. The van der Waals surface area contributed by atoms with Crippen molar-refractivity contribution in [3.8, 4) is 0 Å². The molecular formula is C22H21N3OS. The Hall–Kier alpha value is -2.50. The SMILES string of the molecule is CC(c1ccc2scnc2c1)N1CCc2oc(Cc3ccccc3)nc2C1. The molecule has 4 aromatic rings. The van der Waals surface area contributed by atoms with Crippen LogP contribution in [0.5, 0.6) is 0 Å². The fourth-order valence-electron chi connectivity index (χ4n) is 3.79. The maximum atomic E-state index is 6.04. The van der Waals surface area contributed by atoms with E-state index in [0.29, 0.717) is 6.04 Å². The smallest absolute Gasteiger partial charge is 0.199 e. The van der Waals surface area contributed by atoms with Crippen molar-refractivity contribution in [2.75, 3.05) is 6.54 Å². The lowest BCUT2D eigenvalue weighted by atomic mass is 10.0. The number of oxazole rings is 1. The molecule has 0 fully saturated rings. The summed E-state index contributed by atoms with van der Waals surface area (Å²) in [6.45, 7) is 4.09. The Morgan fingerprint density at radius 2 is 2.07 bits per heavy atom. The highest BCUT2D eigenvalue weighted by molar-refractivity contribution is 7.16. The maximum Gasteiger partial charge on any atom is 0.199 e. The van der Waals surface area contributed by atoms with Crippen LogP contribution >= 0.6 is 11.3 Å². The molecule has 136 valence electrons. The molecule has 2 aromatic heterocycles. The quantitative estimate of drug-likeness (QED) is 0.504. The molecule has 0 aliphatic carbocycles. The second-order valence-electron chi connectivity index (χ2n) is 7.12. The number of nitrogens with zero attached hydrogens (tertiary/aromatic N) is 3. The first-order chi connectivity index (χ1) is 13.3. The number of hydrogen-bond donors (Lipinski definition) is 0. The summed E-state index contributed by atoms with van der Waals surface area (Å²) in [5, 5.41) is 0. The van der Waals surface area contributed by atoms with E-state index in [4.69, 9.17) is 9.40 Å². The lowest BCUT2D eigenvalue weighted by Crippen LogP contribution is -2.32. The van der Waals surface area contributed by atoms with Gasteiger partial charge in [0.2, 0.25) is 0 Å². The zero-order valence-electron chi connectivity index (χ0n) is 15.3. The Kier molecular flexibility index (Phi) is 4.26. The monoisotopic (exact) mass is 375 g/mol. The van der Waals surface area contributed by atoms with E-state index < -0.39 is 0 Å². The molecule has 0 saturated heterocycles. The van der Waals surface area contributed by atoms with Crippen LogP contribution in [-0.2, 0) is 19.4 Å². The van der Waals surface area contributed by atoms with Crippen molar-refractivity contribution in [2.24, 2.45) is 0 Å². The van der Waals surface area contributed by atoms with Crippen LogP contribution in [0.15, 0.2) is 58.5 Å². The topological polar surface area (TPSA) is 42.2 Å². The Morgan fingerprint density at radius 1 is 1.19 bits per heavy atom. The van der Waals surface area contributed by atoms with E-state index in [-0.39, 0.29) is 0 Å². The van der Waals surface area contributed by atoms with E-state index in [9.17, 15) is 0 Å². The van der Waals surface area contributed by atoms with Crippen molar-refractivity contribution in [3.05, 3.63) is 82.5 Å². The van der Waals surface area contributed by atoms with Crippen LogP contribution in [0.2, 0.25) is 0 Å². The van der Waals surface area contributed by atoms with E-state index in [0.717, 1.165) is 48.8 Å². The van der Waals surface area contributed by atoms with Gasteiger partial charge in [0, 0.05) is 32.0 Å². The molecule has 1 unspecified atom stereocenters. The number of benzene rings is 2. The van der Waals surface area contributed by atoms with Crippen LogP contribution in [-0.4, -0.2) is 21.4 Å². The molecule has 0 radical (unpaired) electrons. The van der Waals surface area contributed by atoms with Gasteiger partial charge in [-0.05, 0) is 30.2 Å². The minimum Gasteiger partial charge on any atom is -0.445 e. The minimum atomic E-state index is 0.332. The van der Waals surface area contributed by atoms with Crippen molar-refractivity contribution < 1.29 is 4.42 Å². The van der Waals surface area contributed by atoms with Crippen LogP contribution in [0, 0.1) is 0 Å². The highest BCUT2D eigenvalue weighted by Crippen LogP contribution is 2.30. The van der Waals surface area contributed by atoms with Gasteiger partial charge in [-0.1, -0.05) is 36.4 Å². The first-order valence-electron chi connectivity index (χ1n) is 9.35. The highest BCUT2D eigenvalue weighted by Gasteiger charge is 2.26. The number of rotatable bonds is 4. The van der Waals surface area contributed by atoms with E-state index in [1.54, 1.807) is 11.3 Å². The van der Waals surface area contributed by atoms with Gasteiger partial charge in [-0.15, -0.1) is 11.3 Å². The fourth-order valence-corrected chi connectivity index (χ4v) is 4.45. The summed E-state index contributed by atoms with van der Waals surface area (Å²) in [5.41, 5.74) is 6.64. The van der Waals surface area contributed by atoms with E-state index >= 15 is 0 Å². The molecule has 27 heavy (non-hydrogen) atoms. The lowest BCUT2D eigenvalue weighted by Gasteiger charge is -2.31. The molecule has 1 aliphatic heterocycles. The first kappa shape index (κ1) is 16.7. The molecule has 0 N–H and O–H groups in total. The maximum absolute atomic E-state index is 6.04. The standard InChI is InChI=1S/C22H21N3OS/c1-15(17-7-8-21-18(12-17)23-14-27-21)25-10-9-20-19(13-25)24-22(26-20)11-16-5-3-2-4-6-16/h2-8,12,14-15H,9-11,13H2,1H3. The van der Waals surface area contributed by atoms with Gasteiger partial charge in [-0.2, -0.15) is 0 Å². The zero-order chi connectivity index (χ0) is 18.2. The van der Waals surface area contributed by atoms with Gasteiger partial charge in [-0.25, -0.2) is 9.97 Å². The summed E-state index contributed by atoms with van der Waals surface area (Å²) >= 11 is 1.69. The van der Waals surface area contributed by atoms with Crippen molar-refractivity contribution in [2.45, 2.75) is 32.4 Å². The summed E-state index contributed by atoms with van der Waals surface area (Å²) in [6, 6.07) is 17.3. The predicted octanol–water partition coefficient (Wildman–Crippen LogP) is 4.99. The fraction of sp³-hybridized carbons (Fsp3) is 0.273. The zero-order valence-corrected chi connectivity index (χ0v) is 16.1. The third kappa shape index (κ3) is 3.29. The Balaban J connectivity index is 1.34. The molecule has 4 nitrogen and oxygen atoms in total. The van der Waals surface area contributed by atoms with Gasteiger partial charge in [0.05, 0.1) is 21.4 Å². The second-order valence-corrected chi connectivity index (χ2v) is 8.00. The van der Waals surface area contributed by atoms with Crippen molar-refractivity contribution in [1.82, 2.24) is 14.9 Å². The van der Waals surface area contributed by atoms with Crippen LogP contribution in [0.3, 0.4) is 0 Å². The molecule has 0 saturated carbocycles. The summed E-state index contributed by atoms with van der Waals surface area (Å²) in [6.07, 6.45) is 1.67. The third-order valence-corrected chi connectivity index (χ3v) is 6.19. The molecule has 1 atom stereocenters. The molecule has 3 heterocycles. The van der Waals surface area contributed by atoms with Gasteiger partial charge >= 0.3 is 0 Å². The summed E-state index contributed by atoms with van der Waals surface area (Å²) < 4.78 is 7.29. The number of fused-ring (bicyclic) bond motifs is 2. The summed E-state index contributed by atoms with van der Waals surface area (Å²) in [7, 11) is 0. The number of thiazole rings is 1. The van der Waals surface area contributed by atoms with E-state index in [2.05, 4.69) is 59.3 Å². The summed E-state index contributed by atoms with van der Waals surface area (Å²) in [4.78, 5) is 11.7. The normalized spacial score (nSPS) is 15.7. The Bertz CT molecular complexity index is 1070. The molecule has 5 heteroatoms. The third-order valence-electron chi connectivity index (χ3n) is 5.38. The van der Waals surface area contributed by atoms with Crippen molar-refractivity contribution >= 4 is 21.6 Å². The van der Waals surface area contributed by atoms with E-state index in [1.807, 2.05) is 11.6 Å². The van der Waals surface area contributed by atoms with Crippen LogP contribution in [0.25, 0.3) is 10.2 Å². The molecule has 2 aromatic carbocycles. The van der Waals surface area contributed by atoms with Crippen LogP contribution in [0.1, 0.15) is 41.4 Å². The molecular weight excluding hydrogens is 354 g/mol. The van der Waals surface area contributed by atoms with Crippen LogP contribution < -0.4 is 0 Å². The van der Waals surface area contributed by atoms with Gasteiger partial charge in [-0.3, -0.25) is 4.90 Å². The van der Waals surface area contributed by atoms with Crippen LogP contribution in [0.4, 0.5) is 0 Å². The Labute approximate surface area is 162 Å². The number of aromatic nitrogens is 2. The molecule has 0 spiro atoms. The number of hydrogen-bond acceptors (Lipinski definition) is 5. The Morgan fingerprint density at radius 3 is 2.96 bits per heavy atom. The minimum absolute atomic E-state index is 0.332. The lowest BCUT2D eigenvalue weighted by molar-refractivity contribution is 0.182. The summed E-state index contributed by atoms with van der Waals surface area (Å²) in [5.74, 6) is 1.88. The van der Waals surface area contributed by atoms with Gasteiger partial charge in [0.25, 0.3) is 0 Å².